The van der Waals surface area contributed by atoms with Crippen LogP contribution in [0.3, 0.4) is 0 Å². The van der Waals surface area contributed by atoms with Gasteiger partial charge in [0.2, 0.25) is 11.8 Å². The number of hydrogen-bond donors (Lipinski definition) is 2. The number of carbonyl (C=O) groups is 3. The number of amides is 3. The van der Waals surface area contributed by atoms with Crippen molar-refractivity contribution in [2.75, 3.05) is 38.5 Å². The Balaban J connectivity index is 0.911. The summed E-state index contributed by atoms with van der Waals surface area (Å²) in [6.07, 6.45) is 9.20. The maximum atomic E-state index is 15.2. The first kappa shape index (κ1) is 35.5. The average Bonchev–Trinajstić information content (AvgIpc) is 3.12. The molecular weight excluding hydrogens is 715 g/mol. The van der Waals surface area contributed by atoms with E-state index in [-0.39, 0.29) is 52.9 Å². The van der Waals surface area contributed by atoms with Gasteiger partial charge in [0, 0.05) is 56.8 Å². The minimum absolute atomic E-state index is 0.0833. The van der Waals surface area contributed by atoms with Crippen molar-refractivity contribution in [3.8, 4) is 0 Å². The number of halogens is 2. The zero-order chi connectivity index (χ0) is 35.9. The third-order valence-electron chi connectivity index (χ3n) is 12.0. The molecule has 1 spiro atoms. The fraction of sp³-hybridized carbons (Fsp3) is 0.513. The molecule has 1 aliphatic carbocycles. The van der Waals surface area contributed by atoms with Gasteiger partial charge in [0.25, 0.3) is 11.5 Å². The minimum atomic E-state index is -0.618. The molecule has 0 radical (unpaired) electrons. The monoisotopic (exact) mass is 760 g/mol. The molecular formula is C39H46BrFN6O4. The van der Waals surface area contributed by atoms with E-state index in [1.165, 1.54) is 10.2 Å². The van der Waals surface area contributed by atoms with Gasteiger partial charge in [-0.3, -0.25) is 24.5 Å². The molecule has 1 saturated carbocycles. The van der Waals surface area contributed by atoms with E-state index >= 15 is 4.39 Å². The fourth-order valence-corrected chi connectivity index (χ4v) is 9.37. The lowest BCUT2D eigenvalue weighted by molar-refractivity contribution is -0.134. The second kappa shape index (κ2) is 14.6. The number of carbonyl (C=O) groups excluding carboxylic acids is 3. The SMILES string of the molecule is CN1CC(Nc2cnn(C)c(=O)c2Br)CC(c2ccc(C(=O)N3CCC4(CCC(c5ccc(C6CCC(=O)NC6=O)c(F)c5)CC4)CC3)cc2)C1. The van der Waals surface area contributed by atoms with Crippen molar-refractivity contribution in [1.82, 2.24) is 24.9 Å². The van der Waals surface area contributed by atoms with E-state index in [9.17, 15) is 19.2 Å². The Kier molecular flexibility index (Phi) is 10.2. The molecule has 3 aromatic rings. The number of likely N-dealkylation sites (N-methyl/N-ethyl adjacent to an activating group) is 1. The van der Waals surface area contributed by atoms with Crippen molar-refractivity contribution in [3.63, 3.8) is 0 Å². The van der Waals surface area contributed by atoms with Gasteiger partial charge in [0.05, 0.1) is 17.8 Å². The van der Waals surface area contributed by atoms with Crippen molar-refractivity contribution < 1.29 is 18.8 Å². The molecule has 4 fully saturated rings. The molecule has 4 aliphatic rings. The van der Waals surface area contributed by atoms with Crippen LogP contribution >= 0.6 is 15.9 Å². The summed E-state index contributed by atoms with van der Waals surface area (Å²) >= 11 is 3.42. The van der Waals surface area contributed by atoms with Crippen LogP contribution < -0.4 is 16.2 Å². The van der Waals surface area contributed by atoms with Crippen LogP contribution in [-0.4, -0.2) is 76.6 Å². The van der Waals surface area contributed by atoms with E-state index in [2.05, 4.69) is 55.7 Å². The van der Waals surface area contributed by atoms with E-state index in [1.54, 1.807) is 25.4 Å². The Morgan fingerprint density at radius 2 is 1.65 bits per heavy atom. The number of piperidine rings is 3. The maximum absolute atomic E-state index is 15.2. The third-order valence-corrected chi connectivity index (χ3v) is 12.7. The molecule has 4 heterocycles. The van der Waals surface area contributed by atoms with Crippen molar-refractivity contribution in [1.29, 1.82) is 0 Å². The van der Waals surface area contributed by atoms with Crippen LogP contribution in [0.4, 0.5) is 10.1 Å². The molecule has 51 heavy (non-hydrogen) atoms. The number of nitrogens with one attached hydrogen (secondary N) is 2. The topological polar surface area (TPSA) is 117 Å². The van der Waals surface area contributed by atoms with E-state index < -0.39 is 11.8 Å². The number of rotatable bonds is 6. The van der Waals surface area contributed by atoms with E-state index in [0.717, 1.165) is 82.3 Å². The zero-order valence-electron chi connectivity index (χ0n) is 29.3. The summed E-state index contributed by atoms with van der Waals surface area (Å²) in [6.45, 7) is 3.26. The maximum Gasteiger partial charge on any atom is 0.282 e. The first-order valence-corrected chi connectivity index (χ1v) is 19.0. The van der Waals surface area contributed by atoms with Gasteiger partial charge in [-0.1, -0.05) is 24.3 Å². The van der Waals surface area contributed by atoms with Crippen LogP contribution in [0.5, 0.6) is 0 Å². The Bertz CT molecular complexity index is 1860. The molecule has 3 saturated heterocycles. The highest BCUT2D eigenvalue weighted by atomic mass is 79.9. The molecule has 1 aromatic heterocycles. The summed E-state index contributed by atoms with van der Waals surface area (Å²) in [5.74, 6) is -1.05. The van der Waals surface area contributed by atoms with Gasteiger partial charge < -0.3 is 15.1 Å². The number of aromatic nitrogens is 2. The van der Waals surface area contributed by atoms with Crippen molar-refractivity contribution >= 4 is 39.3 Å². The number of likely N-dealkylation sites (tertiary alicyclic amines) is 2. The lowest BCUT2D eigenvalue weighted by Gasteiger charge is -2.46. The first-order valence-electron chi connectivity index (χ1n) is 18.2. The molecule has 0 bridgehead atoms. The second-order valence-corrected chi connectivity index (χ2v) is 16.1. The number of benzene rings is 2. The van der Waals surface area contributed by atoms with Gasteiger partial charge in [-0.25, -0.2) is 9.07 Å². The highest BCUT2D eigenvalue weighted by molar-refractivity contribution is 9.10. The molecule has 3 amide bonds. The fourth-order valence-electron chi connectivity index (χ4n) is 8.90. The van der Waals surface area contributed by atoms with Gasteiger partial charge in [0.15, 0.2) is 0 Å². The van der Waals surface area contributed by atoms with Gasteiger partial charge >= 0.3 is 0 Å². The zero-order valence-corrected chi connectivity index (χ0v) is 30.9. The van der Waals surface area contributed by atoms with Crippen LogP contribution in [0.15, 0.2) is 57.9 Å². The normalized spacial score (nSPS) is 24.4. The standard InChI is InChI=1S/C39H46BrFN6O4/c1-45-22-28(19-29(23-45)43-33-21-42-46(2)38(51)35(33)40)24-3-5-26(6-4-24)37(50)47-17-15-39(16-18-47)13-11-25(12-14-39)27-7-8-30(32(41)20-27)31-9-10-34(48)44-36(31)49/h3-8,20-21,25,28-29,31,43H,9-19,22-23H2,1-2H3,(H,44,48,49). The predicted molar refractivity (Wildman–Crippen MR) is 196 cm³/mol. The van der Waals surface area contributed by atoms with Gasteiger partial charge in [0.1, 0.15) is 10.3 Å². The molecule has 3 aliphatic heterocycles. The highest BCUT2D eigenvalue weighted by Crippen LogP contribution is 2.49. The Labute approximate surface area is 306 Å². The number of aryl methyl sites for hydroxylation is 1. The number of anilines is 1. The largest absolute Gasteiger partial charge is 0.379 e. The van der Waals surface area contributed by atoms with E-state index in [0.29, 0.717) is 22.1 Å². The molecule has 3 unspecified atom stereocenters. The Hall–Kier alpha value is -3.90. The summed E-state index contributed by atoms with van der Waals surface area (Å²) < 4.78 is 17.0. The van der Waals surface area contributed by atoms with Crippen LogP contribution in [0.2, 0.25) is 0 Å². The average molecular weight is 762 g/mol. The summed E-state index contributed by atoms with van der Waals surface area (Å²) in [7, 11) is 3.74. The van der Waals surface area contributed by atoms with Crippen molar-refractivity contribution in [2.45, 2.75) is 81.6 Å². The van der Waals surface area contributed by atoms with Crippen molar-refractivity contribution in [3.05, 3.63) is 91.6 Å². The van der Waals surface area contributed by atoms with Crippen molar-refractivity contribution in [2.24, 2.45) is 12.5 Å². The summed E-state index contributed by atoms with van der Waals surface area (Å²) in [4.78, 5) is 54.0. The Morgan fingerprint density at radius 3 is 2.33 bits per heavy atom. The van der Waals surface area contributed by atoms with Crippen LogP contribution in [0.1, 0.15) is 103 Å². The predicted octanol–water partition coefficient (Wildman–Crippen LogP) is 5.68. The molecule has 270 valence electrons. The third kappa shape index (κ3) is 7.53. The number of imide groups is 1. The lowest BCUT2D eigenvalue weighted by Crippen LogP contribution is -2.44. The molecule has 10 nitrogen and oxygen atoms in total. The lowest BCUT2D eigenvalue weighted by atomic mass is 9.64. The van der Waals surface area contributed by atoms with E-state index in [4.69, 9.17) is 0 Å². The molecule has 3 atom stereocenters. The molecule has 12 heteroatoms. The number of nitrogens with zero attached hydrogens (tertiary/aromatic N) is 4. The second-order valence-electron chi connectivity index (χ2n) is 15.3. The van der Waals surface area contributed by atoms with Crippen LogP contribution in [0, 0.1) is 11.2 Å². The van der Waals surface area contributed by atoms with Crippen LogP contribution in [0.25, 0.3) is 0 Å². The van der Waals surface area contributed by atoms with Gasteiger partial charge in [-0.2, -0.15) is 5.10 Å². The quantitative estimate of drug-likeness (QED) is 0.311. The first-order chi connectivity index (χ1) is 24.5. The summed E-state index contributed by atoms with van der Waals surface area (Å²) in [5.41, 5.74) is 4.01. The minimum Gasteiger partial charge on any atom is -0.379 e. The van der Waals surface area contributed by atoms with Gasteiger partial charge in [-0.15, -0.1) is 0 Å². The summed E-state index contributed by atoms with van der Waals surface area (Å²) in [6, 6.07) is 13.6. The van der Waals surface area contributed by atoms with E-state index in [1.807, 2.05) is 23.1 Å². The highest BCUT2D eigenvalue weighted by Gasteiger charge is 2.40. The summed E-state index contributed by atoms with van der Waals surface area (Å²) in [5, 5.41) is 10.0. The van der Waals surface area contributed by atoms with Gasteiger partial charge in [-0.05, 0) is 121 Å². The Morgan fingerprint density at radius 1 is 0.941 bits per heavy atom. The molecule has 2 aromatic carbocycles. The van der Waals surface area contributed by atoms with Crippen LogP contribution in [-0.2, 0) is 16.6 Å². The smallest absolute Gasteiger partial charge is 0.282 e. The number of hydrogen-bond acceptors (Lipinski definition) is 7. The molecule has 2 N–H and O–H groups in total. The molecule has 7 rings (SSSR count).